The van der Waals surface area contributed by atoms with Gasteiger partial charge in [0.05, 0.1) is 12.2 Å². The van der Waals surface area contributed by atoms with Crippen molar-refractivity contribution in [3.8, 4) is 0 Å². The molecule has 0 spiro atoms. The average Bonchev–Trinajstić information content (AvgIpc) is 3.15. The highest BCUT2D eigenvalue weighted by Gasteiger charge is 2.28. The molecule has 6 heteroatoms. The number of amidine groups is 1. The number of azo groups is 1. The Morgan fingerprint density at radius 2 is 2.15 bits per heavy atom. The summed E-state index contributed by atoms with van der Waals surface area (Å²) in [4.78, 5) is 8.82. The maximum Gasteiger partial charge on any atom is 0.147 e. The summed E-state index contributed by atoms with van der Waals surface area (Å²) < 4.78 is 0. The summed E-state index contributed by atoms with van der Waals surface area (Å²) in [5, 5.41) is 12.4. The van der Waals surface area contributed by atoms with Crippen molar-refractivity contribution in [1.82, 2.24) is 5.32 Å². The summed E-state index contributed by atoms with van der Waals surface area (Å²) in [5.74, 6) is 2.17. The summed E-state index contributed by atoms with van der Waals surface area (Å²) in [6.45, 7) is 6.06. The second-order valence-electron chi connectivity index (χ2n) is 7.16. The number of rotatable bonds is 3. The van der Waals surface area contributed by atoms with Crippen molar-refractivity contribution in [2.24, 2.45) is 43.7 Å². The number of fused-ring (bicyclic) bond motifs is 1. The molecule has 0 saturated carbocycles. The quantitative estimate of drug-likeness (QED) is 0.767. The molecule has 0 bridgehead atoms. The standard InChI is InChI=1S/C20H24N6/c1-12-3-4-14-11-24-19(21)18(17(14)9-12)26-25-15-5-6-16(13(2)10-15)20-22-7-8-23-20/h3-6,9,11,13-14,17H,7-8,10,21H2,1-2H3,(H,22,23)/b26-25+. The molecule has 3 atom stereocenters. The summed E-state index contributed by atoms with van der Waals surface area (Å²) in [6, 6.07) is 0. The molecule has 0 aromatic heterocycles. The Hall–Kier alpha value is -2.76. The molecule has 4 aliphatic rings. The second-order valence-corrected chi connectivity index (χ2v) is 7.16. The van der Waals surface area contributed by atoms with Crippen LogP contribution < -0.4 is 11.1 Å². The zero-order valence-corrected chi connectivity index (χ0v) is 15.2. The van der Waals surface area contributed by atoms with Crippen LogP contribution in [0.25, 0.3) is 0 Å². The van der Waals surface area contributed by atoms with E-state index in [4.69, 9.17) is 5.73 Å². The van der Waals surface area contributed by atoms with E-state index in [-0.39, 0.29) is 11.8 Å². The van der Waals surface area contributed by atoms with Crippen LogP contribution in [0.4, 0.5) is 0 Å². The highest BCUT2D eigenvalue weighted by atomic mass is 15.1. The van der Waals surface area contributed by atoms with Gasteiger partial charge in [0.25, 0.3) is 0 Å². The van der Waals surface area contributed by atoms with Gasteiger partial charge in [0.2, 0.25) is 0 Å². The molecule has 0 amide bonds. The lowest BCUT2D eigenvalue weighted by atomic mass is 9.83. The first-order valence-electron chi connectivity index (χ1n) is 9.13. The summed E-state index contributed by atoms with van der Waals surface area (Å²) in [5.41, 5.74) is 10.3. The summed E-state index contributed by atoms with van der Waals surface area (Å²) in [7, 11) is 0. The van der Waals surface area contributed by atoms with E-state index in [0.717, 1.165) is 36.7 Å². The molecule has 6 nitrogen and oxygen atoms in total. The first-order chi connectivity index (χ1) is 12.6. The Bertz CT molecular complexity index is 850. The Morgan fingerprint density at radius 1 is 1.27 bits per heavy atom. The molecule has 134 valence electrons. The molecule has 3 N–H and O–H groups in total. The van der Waals surface area contributed by atoms with Gasteiger partial charge in [0, 0.05) is 24.6 Å². The van der Waals surface area contributed by atoms with E-state index >= 15 is 0 Å². The summed E-state index contributed by atoms with van der Waals surface area (Å²) in [6.07, 6.45) is 13.3. The lowest BCUT2D eigenvalue weighted by Crippen LogP contribution is -2.25. The highest BCUT2D eigenvalue weighted by molar-refractivity contribution is 6.00. The van der Waals surface area contributed by atoms with E-state index in [2.05, 4.69) is 63.7 Å². The van der Waals surface area contributed by atoms with Gasteiger partial charge >= 0.3 is 0 Å². The van der Waals surface area contributed by atoms with E-state index < -0.39 is 0 Å². The molecule has 0 fully saturated rings. The van der Waals surface area contributed by atoms with Crippen molar-refractivity contribution in [3.05, 3.63) is 58.7 Å². The van der Waals surface area contributed by atoms with Crippen molar-refractivity contribution in [1.29, 1.82) is 0 Å². The van der Waals surface area contributed by atoms with Gasteiger partial charge in [-0.15, -0.1) is 0 Å². The Balaban J connectivity index is 1.56. The van der Waals surface area contributed by atoms with Gasteiger partial charge in [-0.05, 0) is 30.9 Å². The summed E-state index contributed by atoms with van der Waals surface area (Å²) >= 11 is 0. The molecule has 2 heterocycles. The molecule has 2 aliphatic carbocycles. The van der Waals surface area contributed by atoms with Crippen molar-refractivity contribution in [2.75, 3.05) is 13.1 Å². The van der Waals surface area contributed by atoms with E-state index in [9.17, 15) is 0 Å². The molecule has 0 aromatic rings. The van der Waals surface area contributed by atoms with E-state index in [1.54, 1.807) is 0 Å². The molecule has 0 saturated heterocycles. The van der Waals surface area contributed by atoms with Crippen molar-refractivity contribution in [3.63, 3.8) is 0 Å². The minimum absolute atomic E-state index is 0.117. The fourth-order valence-corrected chi connectivity index (χ4v) is 3.70. The van der Waals surface area contributed by atoms with E-state index in [1.165, 1.54) is 11.1 Å². The number of allylic oxidation sites excluding steroid dienone is 7. The van der Waals surface area contributed by atoms with E-state index in [0.29, 0.717) is 11.7 Å². The lowest BCUT2D eigenvalue weighted by Gasteiger charge is -2.26. The van der Waals surface area contributed by atoms with Gasteiger partial charge in [0.15, 0.2) is 0 Å². The van der Waals surface area contributed by atoms with Gasteiger partial charge in [-0.25, -0.2) is 4.99 Å². The third-order valence-corrected chi connectivity index (χ3v) is 5.14. The first kappa shape index (κ1) is 16.7. The van der Waals surface area contributed by atoms with Crippen LogP contribution in [0.5, 0.6) is 0 Å². The van der Waals surface area contributed by atoms with Crippen LogP contribution in [0.2, 0.25) is 0 Å². The number of nitrogens with one attached hydrogen (secondary N) is 1. The van der Waals surface area contributed by atoms with Crippen LogP contribution >= 0.6 is 0 Å². The van der Waals surface area contributed by atoms with Gasteiger partial charge in [-0.2, -0.15) is 10.2 Å². The molecule has 26 heavy (non-hydrogen) atoms. The fourth-order valence-electron chi connectivity index (χ4n) is 3.70. The van der Waals surface area contributed by atoms with Crippen molar-refractivity contribution >= 4 is 12.1 Å². The average molecular weight is 348 g/mol. The predicted molar refractivity (Wildman–Crippen MR) is 105 cm³/mol. The second kappa shape index (κ2) is 6.86. The van der Waals surface area contributed by atoms with Crippen LogP contribution in [-0.2, 0) is 0 Å². The van der Waals surface area contributed by atoms with Crippen LogP contribution in [0.3, 0.4) is 0 Å². The monoisotopic (exact) mass is 348 g/mol. The molecule has 2 aliphatic heterocycles. The molecule has 3 unspecified atom stereocenters. The van der Waals surface area contributed by atoms with Crippen LogP contribution in [0, 0.1) is 17.8 Å². The maximum atomic E-state index is 6.10. The smallest absolute Gasteiger partial charge is 0.147 e. The van der Waals surface area contributed by atoms with Gasteiger partial charge in [0.1, 0.15) is 17.4 Å². The molecule has 0 radical (unpaired) electrons. The van der Waals surface area contributed by atoms with Crippen molar-refractivity contribution in [2.45, 2.75) is 20.3 Å². The number of hydrogen-bond acceptors (Lipinski definition) is 6. The maximum absolute atomic E-state index is 6.10. The number of aliphatic imine (C=N–C) groups is 2. The number of nitrogens with two attached hydrogens (primary N) is 1. The zero-order valence-electron chi connectivity index (χ0n) is 15.2. The third-order valence-electron chi connectivity index (χ3n) is 5.14. The molecule has 4 rings (SSSR count). The zero-order chi connectivity index (χ0) is 18.1. The minimum atomic E-state index is 0.117. The normalized spacial score (nSPS) is 30.6. The van der Waals surface area contributed by atoms with Gasteiger partial charge in [-0.1, -0.05) is 36.8 Å². The number of hydrogen-bond donors (Lipinski definition) is 2. The van der Waals surface area contributed by atoms with Crippen LogP contribution in [0.15, 0.2) is 79.0 Å². The molecule has 0 aromatic carbocycles. The predicted octanol–water partition coefficient (Wildman–Crippen LogP) is 3.25. The number of nitrogens with zero attached hydrogens (tertiary/aromatic N) is 4. The van der Waals surface area contributed by atoms with Gasteiger partial charge in [-0.3, -0.25) is 4.99 Å². The largest absolute Gasteiger partial charge is 0.382 e. The van der Waals surface area contributed by atoms with Crippen LogP contribution in [0.1, 0.15) is 20.3 Å². The Labute approximate surface area is 153 Å². The first-order valence-corrected chi connectivity index (χ1v) is 9.13. The topological polar surface area (TPSA) is 87.5 Å². The van der Waals surface area contributed by atoms with Crippen molar-refractivity contribution < 1.29 is 0 Å². The van der Waals surface area contributed by atoms with Crippen LogP contribution in [-0.4, -0.2) is 25.1 Å². The van der Waals surface area contributed by atoms with Gasteiger partial charge < -0.3 is 11.1 Å². The third kappa shape index (κ3) is 3.19. The SMILES string of the molecule is CC1=CC2C(/N=N/C3=CC=C(C4=NCCN4)C(C)C3)=C(N)N=CC2C=C1. The fraction of sp³-hybridized carbons (Fsp3) is 0.400. The lowest BCUT2D eigenvalue weighted by molar-refractivity contribution is 0.619. The minimum Gasteiger partial charge on any atom is -0.382 e. The Morgan fingerprint density at radius 3 is 2.92 bits per heavy atom. The highest BCUT2D eigenvalue weighted by Crippen LogP contribution is 2.34. The molecular weight excluding hydrogens is 324 g/mol. The Kier molecular flexibility index (Phi) is 4.41. The molecular formula is C20H24N6. The van der Waals surface area contributed by atoms with E-state index in [1.807, 2.05) is 12.3 Å².